The molecule has 3 aromatic rings. The maximum Gasteiger partial charge on any atom is 0.320 e. The molecule has 3 aromatic heterocycles. The molecular formula is C16H13N5OS. The van der Waals surface area contributed by atoms with Crippen LogP contribution in [0.5, 0.6) is 0 Å². The first-order valence-electron chi connectivity index (χ1n) is 6.94. The number of thiophene rings is 1. The number of anilines is 1. The molecule has 0 spiro atoms. The molecule has 0 aliphatic heterocycles. The second-order valence-corrected chi connectivity index (χ2v) is 5.38. The van der Waals surface area contributed by atoms with Crippen LogP contribution in [0.3, 0.4) is 0 Å². The van der Waals surface area contributed by atoms with E-state index in [4.69, 9.17) is 6.42 Å². The third kappa shape index (κ3) is 3.12. The van der Waals surface area contributed by atoms with Crippen molar-refractivity contribution >= 4 is 34.3 Å². The van der Waals surface area contributed by atoms with Gasteiger partial charge in [-0.05, 0) is 36.4 Å². The first-order chi connectivity index (χ1) is 11.2. The van der Waals surface area contributed by atoms with Crippen LogP contribution in [0.1, 0.15) is 12.6 Å². The molecule has 114 valence electrons. The van der Waals surface area contributed by atoms with Crippen molar-refractivity contribution in [3.05, 3.63) is 34.7 Å². The van der Waals surface area contributed by atoms with Gasteiger partial charge in [-0.25, -0.2) is 19.7 Å². The van der Waals surface area contributed by atoms with Gasteiger partial charge >= 0.3 is 6.03 Å². The lowest BCUT2D eigenvalue weighted by Crippen LogP contribution is -2.28. The zero-order chi connectivity index (χ0) is 16.2. The summed E-state index contributed by atoms with van der Waals surface area (Å²) in [6.45, 7) is 2.38. The molecule has 0 aliphatic carbocycles. The minimum absolute atomic E-state index is 0.314. The number of rotatable bonds is 3. The summed E-state index contributed by atoms with van der Waals surface area (Å²) in [7, 11) is 0. The van der Waals surface area contributed by atoms with E-state index < -0.39 is 0 Å². The van der Waals surface area contributed by atoms with Gasteiger partial charge in [0.15, 0.2) is 5.65 Å². The van der Waals surface area contributed by atoms with Crippen LogP contribution in [-0.4, -0.2) is 27.5 Å². The third-order valence-electron chi connectivity index (χ3n) is 3.04. The van der Waals surface area contributed by atoms with Gasteiger partial charge < -0.3 is 5.32 Å². The number of carbonyl (C=O) groups excluding carboxylic acids is 1. The van der Waals surface area contributed by atoms with Crippen LogP contribution in [-0.2, 0) is 0 Å². The molecule has 0 fully saturated rings. The monoisotopic (exact) mass is 323 g/mol. The first kappa shape index (κ1) is 14.9. The molecule has 7 heteroatoms. The Balaban J connectivity index is 2.05. The number of hydrogen-bond acceptors (Lipinski definition) is 5. The third-order valence-corrected chi connectivity index (χ3v) is 3.72. The standard InChI is InChI=1S/C16H13N5OS/c1-3-11-14(10-7-8-23-9-10)21-15-12(18-11)5-6-13(19-15)20-16(22)17-4-2/h1,5-9H,4H2,2H3,(H2,17,19,20,21,22). The highest BCUT2D eigenvalue weighted by atomic mass is 32.1. The molecule has 0 bridgehead atoms. The topological polar surface area (TPSA) is 79.8 Å². The molecule has 0 radical (unpaired) electrons. The first-order valence-corrected chi connectivity index (χ1v) is 7.88. The predicted molar refractivity (Wildman–Crippen MR) is 91.3 cm³/mol. The molecule has 23 heavy (non-hydrogen) atoms. The van der Waals surface area contributed by atoms with Gasteiger partial charge in [0.2, 0.25) is 0 Å². The fourth-order valence-electron chi connectivity index (χ4n) is 2.03. The van der Waals surface area contributed by atoms with Gasteiger partial charge in [-0.15, -0.1) is 6.42 Å². The number of terminal acetylenes is 1. The molecule has 3 rings (SSSR count). The average molecular weight is 323 g/mol. The van der Waals surface area contributed by atoms with E-state index in [0.717, 1.165) is 5.56 Å². The SMILES string of the molecule is C#Cc1nc2ccc(NC(=O)NCC)nc2nc1-c1ccsc1. The molecular weight excluding hydrogens is 310 g/mol. The minimum atomic E-state index is -0.314. The minimum Gasteiger partial charge on any atom is -0.338 e. The number of urea groups is 1. The molecule has 3 heterocycles. The Bertz CT molecular complexity index is 899. The highest BCUT2D eigenvalue weighted by Crippen LogP contribution is 2.24. The summed E-state index contributed by atoms with van der Waals surface area (Å²) >= 11 is 1.55. The van der Waals surface area contributed by atoms with Crippen molar-refractivity contribution in [2.24, 2.45) is 0 Å². The number of pyridine rings is 1. The lowest BCUT2D eigenvalue weighted by Gasteiger charge is -2.07. The normalized spacial score (nSPS) is 10.3. The van der Waals surface area contributed by atoms with Crippen molar-refractivity contribution in [1.82, 2.24) is 20.3 Å². The molecule has 0 atom stereocenters. The van der Waals surface area contributed by atoms with Gasteiger partial charge in [-0.2, -0.15) is 11.3 Å². The Morgan fingerprint density at radius 1 is 1.30 bits per heavy atom. The van der Waals surface area contributed by atoms with E-state index in [2.05, 4.69) is 31.5 Å². The van der Waals surface area contributed by atoms with E-state index in [-0.39, 0.29) is 6.03 Å². The Labute approximate surface area is 137 Å². The molecule has 0 saturated heterocycles. The lowest BCUT2D eigenvalue weighted by atomic mass is 10.2. The highest BCUT2D eigenvalue weighted by molar-refractivity contribution is 7.08. The maximum atomic E-state index is 11.6. The zero-order valence-electron chi connectivity index (χ0n) is 12.3. The molecule has 0 unspecified atom stereocenters. The van der Waals surface area contributed by atoms with Crippen LogP contribution < -0.4 is 10.6 Å². The van der Waals surface area contributed by atoms with Crippen molar-refractivity contribution < 1.29 is 4.79 Å². The Kier molecular flexibility index (Phi) is 4.17. The van der Waals surface area contributed by atoms with Crippen LogP contribution in [0.25, 0.3) is 22.4 Å². The smallest absolute Gasteiger partial charge is 0.320 e. The Hall–Kier alpha value is -2.98. The number of carbonyl (C=O) groups is 1. The van der Waals surface area contributed by atoms with Crippen molar-refractivity contribution in [2.75, 3.05) is 11.9 Å². The number of nitrogens with zero attached hydrogens (tertiary/aromatic N) is 3. The largest absolute Gasteiger partial charge is 0.338 e. The van der Waals surface area contributed by atoms with E-state index in [1.54, 1.807) is 23.5 Å². The molecule has 0 saturated carbocycles. The molecule has 6 nitrogen and oxygen atoms in total. The van der Waals surface area contributed by atoms with Gasteiger partial charge in [0.1, 0.15) is 22.7 Å². The maximum absolute atomic E-state index is 11.6. The number of nitrogens with one attached hydrogen (secondary N) is 2. The summed E-state index contributed by atoms with van der Waals surface area (Å²) in [5, 5.41) is 9.19. The number of aromatic nitrogens is 3. The van der Waals surface area contributed by atoms with Crippen LogP contribution in [0.2, 0.25) is 0 Å². The quantitative estimate of drug-likeness (QED) is 0.726. The van der Waals surface area contributed by atoms with Gasteiger partial charge in [-0.1, -0.05) is 0 Å². The predicted octanol–water partition coefficient (Wildman–Crippen LogP) is 2.88. The van der Waals surface area contributed by atoms with Crippen molar-refractivity contribution in [1.29, 1.82) is 0 Å². The van der Waals surface area contributed by atoms with E-state index in [1.165, 1.54) is 0 Å². The summed E-state index contributed by atoms with van der Waals surface area (Å²) in [6, 6.07) is 5.01. The fraction of sp³-hybridized carbons (Fsp3) is 0.125. The molecule has 0 aliphatic rings. The van der Waals surface area contributed by atoms with Crippen molar-refractivity contribution in [3.63, 3.8) is 0 Å². The molecule has 2 amide bonds. The van der Waals surface area contributed by atoms with E-state index >= 15 is 0 Å². The van der Waals surface area contributed by atoms with E-state index in [1.807, 2.05) is 23.8 Å². The van der Waals surface area contributed by atoms with Crippen LogP contribution in [0, 0.1) is 12.3 Å². The zero-order valence-corrected chi connectivity index (χ0v) is 13.1. The summed E-state index contributed by atoms with van der Waals surface area (Å²) in [6.07, 6.45) is 5.54. The lowest BCUT2D eigenvalue weighted by molar-refractivity contribution is 0.252. The Morgan fingerprint density at radius 3 is 2.87 bits per heavy atom. The number of hydrogen-bond donors (Lipinski definition) is 2. The van der Waals surface area contributed by atoms with E-state index in [9.17, 15) is 4.79 Å². The van der Waals surface area contributed by atoms with Crippen LogP contribution in [0.4, 0.5) is 10.6 Å². The van der Waals surface area contributed by atoms with E-state index in [0.29, 0.717) is 34.9 Å². The van der Waals surface area contributed by atoms with Crippen molar-refractivity contribution in [3.8, 4) is 23.6 Å². The van der Waals surface area contributed by atoms with Gasteiger partial charge in [0, 0.05) is 17.5 Å². The summed E-state index contributed by atoms with van der Waals surface area (Å²) < 4.78 is 0. The van der Waals surface area contributed by atoms with Gasteiger partial charge in [-0.3, -0.25) is 5.32 Å². The van der Waals surface area contributed by atoms with Gasteiger partial charge in [0.25, 0.3) is 0 Å². The fourth-order valence-corrected chi connectivity index (χ4v) is 2.68. The molecule has 2 N–H and O–H groups in total. The summed E-state index contributed by atoms with van der Waals surface area (Å²) in [5.41, 5.74) is 3.00. The second kappa shape index (κ2) is 6.42. The number of fused-ring (bicyclic) bond motifs is 1. The highest BCUT2D eigenvalue weighted by Gasteiger charge is 2.12. The second-order valence-electron chi connectivity index (χ2n) is 4.60. The molecule has 0 aromatic carbocycles. The van der Waals surface area contributed by atoms with Crippen LogP contribution >= 0.6 is 11.3 Å². The summed E-state index contributed by atoms with van der Waals surface area (Å²) in [5.74, 6) is 2.97. The van der Waals surface area contributed by atoms with Crippen molar-refractivity contribution in [2.45, 2.75) is 6.92 Å². The van der Waals surface area contributed by atoms with Gasteiger partial charge in [0.05, 0.1) is 0 Å². The average Bonchev–Trinajstić information content (AvgIpc) is 3.08. The summed E-state index contributed by atoms with van der Waals surface area (Å²) in [4.78, 5) is 24.9. The Morgan fingerprint density at radius 2 is 2.17 bits per heavy atom. The number of amides is 2. The van der Waals surface area contributed by atoms with Crippen LogP contribution in [0.15, 0.2) is 29.0 Å².